The number of ether oxygens (including phenoxy) is 3. The number of hydrogen-bond donors (Lipinski definition) is 3. The maximum absolute atomic E-state index is 14.0. The molecule has 0 amide bonds. The third-order valence-electron chi connectivity index (χ3n) is 5.47. The van der Waals surface area contributed by atoms with Gasteiger partial charge in [-0.15, -0.1) is 13.2 Å². The minimum atomic E-state index is -5.17. The summed E-state index contributed by atoms with van der Waals surface area (Å²) in [5.41, 5.74) is 0.216. The number of aromatic amines is 1. The van der Waals surface area contributed by atoms with Crippen molar-refractivity contribution < 1.29 is 46.1 Å². The highest BCUT2D eigenvalue weighted by Crippen LogP contribution is 2.37. The molecule has 1 unspecified atom stereocenters. The maximum Gasteiger partial charge on any atom is 0.573 e. The molecule has 0 spiro atoms. The van der Waals surface area contributed by atoms with Crippen LogP contribution >= 0.6 is 0 Å². The van der Waals surface area contributed by atoms with Crippen molar-refractivity contribution in [3.05, 3.63) is 83.6 Å². The number of aromatic nitrogens is 1. The zero-order valence-corrected chi connectivity index (χ0v) is 19.7. The summed E-state index contributed by atoms with van der Waals surface area (Å²) in [6.45, 7) is -0.335. The molecule has 0 saturated heterocycles. The highest BCUT2D eigenvalue weighted by Gasteiger charge is 2.35. The van der Waals surface area contributed by atoms with E-state index in [0.29, 0.717) is 17.0 Å². The zero-order valence-electron chi connectivity index (χ0n) is 19.7. The molecule has 4 aromatic rings. The van der Waals surface area contributed by atoms with Crippen molar-refractivity contribution in [3.63, 3.8) is 0 Å². The number of rotatable bonds is 10. The van der Waals surface area contributed by atoms with E-state index in [0.717, 1.165) is 24.3 Å². The fourth-order valence-electron chi connectivity index (χ4n) is 3.89. The Morgan fingerprint density at radius 2 is 1.74 bits per heavy atom. The van der Waals surface area contributed by atoms with Gasteiger partial charge in [-0.25, -0.2) is 8.78 Å². The molecule has 0 fully saturated rings. The SMILES string of the molecule is COc1cc(NC(C(=O)c2c[nH]c3cc(F)ccc23)c2ccc(F)cc2OC(F)(F)F)cc(OCCO)c1. The van der Waals surface area contributed by atoms with Crippen molar-refractivity contribution in [2.45, 2.75) is 12.4 Å². The molecule has 1 aromatic heterocycles. The summed E-state index contributed by atoms with van der Waals surface area (Å²) in [7, 11) is 1.37. The first-order valence-corrected chi connectivity index (χ1v) is 11.1. The Labute approximate surface area is 212 Å². The van der Waals surface area contributed by atoms with Crippen LogP contribution in [0.4, 0.5) is 27.6 Å². The molecular weight excluding hydrogens is 515 g/mol. The molecule has 0 bridgehead atoms. The molecule has 38 heavy (non-hydrogen) atoms. The second-order valence-electron chi connectivity index (χ2n) is 8.03. The Hall–Kier alpha value is -4.32. The molecule has 0 aliphatic carbocycles. The first-order chi connectivity index (χ1) is 18.1. The number of ketones is 1. The van der Waals surface area contributed by atoms with Crippen LogP contribution in [0, 0.1) is 11.6 Å². The molecule has 0 aliphatic rings. The minimum absolute atomic E-state index is 0.0411. The Balaban J connectivity index is 1.84. The van der Waals surface area contributed by atoms with Crippen LogP contribution < -0.4 is 19.5 Å². The molecule has 3 aromatic carbocycles. The number of fused-ring (bicyclic) bond motifs is 1. The molecule has 0 aliphatic heterocycles. The van der Waals surface area contributed by atoms with Crippen molar-refractivity contribution in [2.75, 3.05) is 25.6 Å². The van der Waals surface area contributed by atoms with Crippen LogP contribution in [-0.4, -0.2) is 42.6 Å². The van der Waals surface area contributed by atoms with Crippen LogP contribution in [0.1, 0.15) is 22.0 Å². The van der Waals surface area contributed by atoms with E-state index in [1.54, 1.807) is 0 Å². The lowest BCUT2D eigenvalue weighted by Gasteiger charge is -2.23. The fourth-order valence-corrected chi connectivity index (χ4v) is 3.89. The molecule has 200 valence electrons. The second-order valence-corrected chi connectivity index (χ2v) is 8.03. The van der Waals surface area contributed by atoms with Gasteiger partial charge in [0, 0.05) is 58.2 Å². The number of aliphatic hydroxyl groups is 1. The quantitative estimate of drug-likeness (QED) is 0.176. The normalized spacial score (nSPS) is 12.3. The van der Waals surface area contributed by atoms with Crippen molar-refractivity contribution in [1.82, 2.24) is 4.98 Å². The number of hydrogen-bond acceptors (Lipinski definition) is 6. The molecule has 1 heterocycles. The van der Waals surface area contributed by atoms with Gasteiger partial charge in [0.2, 0.25) is 0 Å². The molecule has 0 radical (unpaired) electrons. The number of carbonyl (C=O) groups is 1. The number of benzene rings is 3. The van der Waals surface area contributed by atoms with Gasteiger partial charge in [-0.2, -0.15) is 0 Å². The van der Waals surface area contributed by atoms with E-state index < -0.39 is 35.6 Å². The van der Waals surface area contributed by atoms with Gasteiger partial charge in [0.15, 0.2) is 5.78 Å². The first-order valence-electron chi connectivity index (χ1n) is 11.1. The molecule has 12 heteroatoms. The average molecular weight is 536 g/mol. The number of nitrogens with one attached hydrogen (secondary N) is 2. The van der Waals surface area contributed by atoms with E-state index in [9.17, 15) is 26.7 Å². The third kappa shape index (κ3) is 6.14. The largest absolute Gasteiger partial charge is 0.573 e. The lowest BCUT2D eigenvalue weighted by atomic mass is 9.95. The Kier molecular flexibility index (Phi) is 7.72. The Bertz CT molecular complexity index is 1450. The standard InChI is InChI=1S/C26H21F5N2O5/c1-36-17-10-16(11-18(12-17)37-7-6-34)33-24(20-5-3-15(28)9-23(20)38-26(29,30)31)25(35)21-13-32-22-8-14(27)2-4-19(21)22/h2-5,8-13,24,32-34H,6-7H2,1H3. The number of carbonyl (C=O) groups excluding carboxylic acids is 1. The molecule has 0 saturated carbocycles. The van der Waals surface area contributed by atoms with Crippen molar-refractivity contribution in [1.29, 1.82) is 0 Å². The number of methoxy groups -OCH3 is 1. The summed E-state index contributed by atoms with van der Waals surface area (Å²) < 4.78 is 81.9. The van der Waals surface area contributed by atoms with Gasteiger partial charge >= 0.3 is 6.36 Å². The van der Waals surface area contributed by atoms with Crippen LogP contribution in [0.15, 0.2) is 60.8 Å². The zero-order chi connectivity index (χ0) is 27.4. The lowest BCUT2D eigenvalue weighted by molar-refractivity contribution is -0.275. The topological polar surface area (TPSA) is 92.8 Å². The number of alkyl halides is 3. The third-order valence-corrected chi connectivity index (χ3v) is 5.47. The number of anilines is 1. The van der Waals surface area contributed by atoms with Gasteiger partial charge in [-0.1, -0.05) is 0 Å². The second kappa shape index (κ2) is 11.0. The molecule has 1 atom stereocenters. The number of aliphatic hydroxyl groups excluding tert-OH is 1. The first kappa shape index (κ1) is 26.7. The van der Waals surface area contributed by atoms with Crippen LogP contribution in [0.25, 0.3) is 10.9 Å². The molecule has 7 nitrogen and oxygen atoms in total. The summed E-state index contributed by atoms with van der Waals surface area (Å²) in [4.78, 5) is 16.6. The van der Waals surface area contributed by atoms with E-state index in [2.05, 4.69) is 15.0 Å². The molecule has 4 rings (SSSR count). The number of Topliss-reactive ketones (excluding diaryl/α,β-unsaturated/α-hetero) is 1. The van der Waals surface area contributed by atoms with E-state index in [1.807, 2.05) is 0 Å². The van der Waals surface area contributed by atoms with Crippen molar-refractivity contribution in [2.24, 2.45) is 0 Å². The fraction of sp³-hybridized carbons (Fsp3) is 0.192. The van der Waals surface area contributed by atoms with E-state index >= 15 is 0 Å². The van der Waals surface area contributed by atoms with E-state index in [-0.39, 0.29) is 41.5 Å². The van der Waals surface area contributed by atoms with Crippen LogP contribution in [0.2, 0.25) is 0 Å². The van der Waals surface area contributed by atoms with Crippen molar-refractivity contribution in [3.8, 4) is 17.2 Å². The van der Waals surface area contributed by atoms with E-state index in [4.69, 9.17) is 14.6 Å². The van der Waals surface area contributed by atoms with Crippen LogP contribution in [-0.2, 0) is 0 Å². The van der Waals surface area contributed by atoms with Gasteiger partial charge in [-0.3, -0.25) is 4.79 Å². The Morgan fingerprint density at radius 1 is 1.03 bits per heavy atom. The van der Waals surface area contributed by atoms with Gasteiger partial charge < -0.3 is 29.6 Å². The molecule has 3 N–H and O–H groups in total. The minimum Gasteiger partial charge on any atom is -0.497 e. The van der Waals surface area contributed by atoms with Crippen LogP contribution in [0.3, 0.4) is 0 Å². The summed E-state index contributed by atoms with van der Waals surface area (Å²) in [6.07, 6.45) is -3.87. The van der Waals surface area contributed by atoms with Crippen molar-refractivity contribution >= 4 is 22.4 Å². The van der Waals surface area contributed by atoms with Gasteiger partial charge in [0.25, 0.3) is 0 Å². The monoisotopic (exact) mass is 536 g/mol. The Morgan fingerprint density at radius 3 is 2.45 bits per heavy atom. The summed E-state index contributed by atoms with van der Waals surface area (Å²) in [6, 6.07) is 8.96. The smallest absolute Gasteiger partial charge is 0.497 e. The van der Waals surface area contributed by atoms with Gasteiger partial charge in [-0.05, 0) is 30.3 Å². The summed E-state index contributed by atoms with van der Waals surface area (Å²) >= 11 is 0. The summed E-state index contributed by atoms with van der Waals surface area (Å²) in [5.74, 6) is -2.69. The van der Waals surface area contributed by atoms with E-state index in [1.165, 1.54) is 37.6 Å². The van der Waals surface area contributed by atoms with Gasteiger partial charge in [0.05, 0.1) is 13.7 Å². The van der Waals surface area contributed by atoms with Gasteiger partial charge in [0.1, 0.15) is 41.5 Å². The number of halogens is 5. The maximum atomic E-state index is 14.0. The predicted octanol–water partition coefficient (Wildman–Crippen LogP) is 5.76. The summed E-state index contributed by atoms with van der Waals surface area (Å²) in [5, 5.41) is 12.3. The molecular formula is C26H21F5N2O5. The van der Waals surface area contributed by atoms with Crippen LogP contribution in [0.5, 0.6) is 17.2 Å². The highest BCUT2D eigenvalue weighted by atomic mass is 19.4. The highest BCUT2D eigenvalue weighted by molar-refractivity contribution is 6.11. The lowest BCUT2D eigenvalue weighted by Crippen LogP contribution is -2.24. The average Bonchev–Trinajstić information content (AvgIpc) is 3.28. The predicted molar refractivity (Wildman–Crippen MR) is 128 cm³/mol. The number of H-pyrrole nitrogens is 1.